The Kier molecular flexibility index (Phi) is 34.3. The molecule has 1 unspecified atom stereocenters. The van der Waals surface area contributed by atoms with Crippen molar-refractivity contribution in [3.05, 3.63) is 167 Å². The number of aromatic nitrogens is 8. The van der Waals surface area contributed by atoms with Gasteiger partial charge in [-0.25, -0.2) is 79.2 Å². The van der Waals surface area contributed by atoms with Gasteiger partial charge in [0.25, 0.3) is 0 Å². The van der Waals surface area contributed by atoms with Crippen molar-refractivity contribution in [2.45, 2.75) is 69.7 Å². The molecular formula is C84H102F16N32O6. The van der Waals surface area contributed by atoms with E-state index < -0.39 is 82.0 Å². The van der Waals surface area contributed by atoms with Gasteiger partial charge in [-0.15, -0.1) is 0 Å². The number of β-amino-alcohol motifs (C(OH)–C–C–N with tert-alkyl or cyclic N) is 1. The van der Waals surface area contributed by atoms with Crippen molar-refractivity contribution >= 4 is 101 Å². The summed E-state index contributed by atoms with van der Waals surface area (Å²) in [5.74, 6) is -1.22. The third-order valence-electron chi connectivity index (χ3n) is 22.1. The molecule has 0 aliphatic carbocycles. The third kappa shape index (κ3) is 29.5. The monoisotopic (exact) mass is 1960 g/mol. The molecule has 8 aromatic rings. The van der Waals surface area contributed by atoms with Gasteiger partial charge in [0.2, 0.25) is 29.7 Å². The van der Waals surface area contributed by atoms with Crippen LogP contribution in [0.15, 0.2) is 142 Å². The second-order valence-corrected chi connectivity index (χ2v) is 33.1. The fourth-order valence-corrected chi connectivity index (χ4v) is 14.9. The average molecular weight is 1960 g/mol. The first-order valence-corrected chi connectivity index (χ1v) is 43.4. The Bertz CT molecular complexity index is 5440. The number of hydrazine groups is 4. The number of morpholine rings is 4. The number of halogens is 16. The van der Waals surface area contributed by atoms with Crippen LogP contribution in [0.25, 0.3) is 0 Å². The predicted octanol–water partition coefficient (Wildman–Crippen LogP) is 10.3. The number of nitrogens with one attached hydrogen (secondary N) is 8. The van der Waals surface area contributed by atoms with Gasteiger partial charge in [0.05, 0.1) is 124 Å². The van der Waals surface area contributed by atoms with Crippen LogP contribution in [0.3, 0.4) is 0 Å². The molecule has 12 heterocycles. The number of rotatable bonds is 24. The maximum Gasteiger partial charge on any atom is 0.416 e. The Morgan fingerprint density at radius 2 is 0.725 bits per heavy atom. The summed E-state index contributed by atoms with van der Waals surface area (Å²) < 4.78 is 233. The van der Waals surface area contributed by atoms with E-state index in [9.17, 15) is 80.1 Å². The number of hydrogen-bond donors (Lipinski definition) is 9. The molecule has 8 fully saturated rings. The molecule has 38 nitrogen and oxygen atoms in total. The molecule has 746 valence electrons. The summed E-state index contributed by atoms with van der Waals surface area (Å²) >= 11 is 0. The smallest absolute Gasteiger partial charge is 0.378 e. The molecule has 8 saturated heterocycles. The lowest BCUT2D eigenvalue weighted by Gasteiger charge is -2.46. The summed E-state index contributed by atoms with van der Waals surface area (Å²) in [5, 5.41) is 33.7. The van der Waals surface area contributed by atoms with Gasteiger partial charge in [-0.3, -0.25) is 9.69 Å². The predicted molar refractivity (Wildman–Crippen MR) is 481 cm³/mol. The largest absolute Gasteiger partial charge is 0.416 e. The highest BCUT2D eigenvalue weighted by Crippen LogP contribution is 2.37. The van der Waals surface area contributed by atoms with E-state index in [-0.39, 0.29) is 89.5 Å². The lowest BCUT2D eigenvalue weighted by Crippen LogP contribution is -2.60. The zero-order valence-corrected chi connectivity index (χ0v) is 75.0. The first-order chi connectivity index (χ1) is 65.8. The number of carbonyl (C=O) groups is 1. The molecule has 8 aliphatic rings. The van der Waals surface area contributed by atoms with Crippen LogP contribution in [-0.4, -0.2) is 317 Å². The first-order valence-electron chi connectivity index (χ1n) is 43.4. The molecule has 138 heavy (non-hydrogen) atoms. The number of alkyl halides is 12. The summed E-state index contributed by atoms with van der Waals surface area (Å²) in [4.78, 5) is 58.8. The lowest BCUT2D eigenvalue weighted by molar-refractivity contribution is -0.138. The Labute approximate surface area is 781 Å². The van der Waals surface area contributed by atoms with Gasteiger partial charge in [0.15, 0.2) is 46.5 Å². The quantitative estimate of drug-likeness (QED) is 0.0117. The maximum absolute atomic E-state index is 14.2. The molecule has 4 aromatic carbocycles. The van der Waals surface area contributed by atoms with Crippen LogP contribution in [0, 0.1) is 23.3 Å². The van der Waals surface area contributed by atoms with Gasteiger partial charge in [0.1, 0.15) is 31.6 Å². The minimum atomic E-state index is -4.45. The molecule has 8 aliphatic heterocycles. The Hall–Kier alpha value is -13.1. The van der Waals surface area contributed by atoms with Crippen LogP contribution < -0.4 is 63.0 Å². The second-order valence-electron chi connectivity index (χ2n) is 33.1. The van der Waals surface area contributed by atoms with Gasteiger partial charge in [0, 0.05) is 141 Å². The van der Waals surface area contributed by atoms with Crippen LogP contribution in [0.4, 0.5) is 140 Å². The zero-order chi connectivity index (χ0) is 98.4. The summed E-state index contributed by atoms with van der Waals surface area (Å²) in [7, 11) is 0. The molecule has 1 atom stereocenters. The lowest BCUT2D eigenvalue weighted by atomic mass is 10.0. The van der Waals surface area contributed by atoms with E-state index in [0.29, 0.717) is 175 Å². The number of hydrogen-bond acceptors (Lipinski definition) is 34. The van der Waals surface area contributed by atoms with Crippen LogP contribution in [0.5, 0.6) is 0 Å². The van der Waals surface area contributed by atoms with Crippen LogP contribution in [0.1, 0.15) is 49.9 Å². The van der Waals surface area contributed by atoms with E-state index in [4.69, 9.17) is 18.9 Å². The standard InChI is InChI=1S/2C22H28F4N8O.C20H24F4N8O2.C20H22F4N8O2/c1-21(2)14-34(31-17-5-3-4-16(12-17)22(24,25)26)7-6-33(21)15-28-30-20-27-13-18(23)19(29-20)32-8-10-35-11-9-32;1-21(2)14-32(6-7-34(21)31-17-5-3-4-16(12-17)22(24,25)26)15-28-30-20-27-13-18(23)19(29-20)33-8-10-35-11-9-33;2*21-16-11-25-19(27-18(16)30-6-8-34-9-7-30)28-26-13-31-4-5-32(12-17(31)33)29-15-3-1-2-14(10-15)20(22,23)24/h2*3-5,12-13,15,31H,6-11,14H2,1-2H3,(H,27,29,30);1-3,10-11,13,17,29,33H,4-9,12H2,(H,25,27,28);1-3,10-11,13,29H,4-9,12H2,(H,25,27,28)/b2*28-15+;2*26-13+. The molecule has 4 aromatic heterocycles. The minimum absolute atomic E-state index is 0.0661. The fraction of sp³-hybridized carbons (Fsp3) is 0.464. The normalized spacial score (nSPS) is 19.1. The maximum atomic E-state index is 14.2. The number of nitrogens with zero attached hydrogens (tertiary/aromatic N) is 24. The van der Waals surface area contributed by atoms with Crippen molar-refractivity contribution in [1.82, 2.24) is 79.5 Å². The highest BCUT2D eigenvalue weighted by atomic mass is 19.4. The summed E-state index contributed by atoms with van der Waals surface area (Å²) in [5.41, 5.74) is 20.1. The summed E-state index contributed by atoms with van der Waals surface area (Å²) in [6.07, 6.45) is -8.44. The number of carbonyl (C=O) groups excluding carboxylic acids is 1. The molecule has 16 rings (SSSR count). The Morgan fingerprint density at radius 3 is 1.09 bits per heavy atom. The van der Waals surface area contributed by atoms with Crippen molar-refractivity contribution in [2.24, 2.45) is 20.4 Å². The number of aliphatic hydroxyl groups excluding tert-OH is 1. The van der Waals surface area contributed by atoms with Crippen LogP contribution >= 0.6 is 0 Å². The number of aliphatic hydroxyl groups is 1. The third-order valence-corrected chi connectivity index (χ3v) is 22.1. The number of piperazine rings is 4. The highest BCUT2D eigenvalue weighted by molar-refractivity contribution is 5.90. The zero-order valence-electron chi connectivity index (χ0n) is 75.0. The molecular weight excluding hydrogens is 1860 g/mol. The van der Waals surface area contributed by atoms with Gasteiger partial charge >= 0.3 is 24.7 Å². The van der Waals surface area contributed by atoms with E-state index in [1.54, 1.807) is 54.3 Å². The minimum Gasteiger partial charge on any atom is -0.378 e. The van der Waals surface area contributed by atoms with Crippen molar-refractivity contribution < 1.29 is 99.1 Å². The molecule has 1 amide bonds. The van der Waals surface area contributed by atoms with Gasteiger partial charge in [-0.2, -0.15) is 93.0 Å². The number of anilines is 12. The molecule has 0 saturated carbocycles. The van der Waals surface area contributed by atoms with Gasteiger partial charge in [-0.1, -0.05) is 24.3 Å². The van der Waals surface area contributed by atoms with Crippen molar-refractivity contribution in [3.8, 4) is 0 Å². The molecule has 0 bridgehead atoms. The number of ether oxygens (including phenoxy) is 4. The molecule has 0 radical (unpaired) electrons. The highest BCUT2D eigenvalue weighted by Gasteiger charge is 2.39. The summed E-state index contributed by atoms with van der Waals surface area (Å²) in [6, 6.07) is 19.9. The SMILES string of the molecule is CC1(C)CN(/C=N/Nc2ncc(F)c(N3CCOCC3)n2)CCN1Nc1cccc(C(F)(F)F)c1.CC1(C)CN(Nc2cccc(C(F)(F)F)c2)CCN1/C=N/Nc1ncc(F)c(N2CCOCC2)n1.O=C1CN(Nc2cccc(C(F)(F)F)c2)CCN1/C=N/Nc1ncc(F)c(N2CCOCC2)n1.OC1CN(Nc2cccc(C(F)(F)F)c2)CCN1/C=N/Nc1ncc(F)c(N2CCOCC2)n1. The molecule has 54 heteroatoms. The molecule has 0 spiro atoms. The van der Waals surface area contributed by atoms with Crippen LogP contribution in [-0.2, 0) is 48.4 Å². The Morgan fingerprint density at radius 1 is 0.384 bits per heavy atom. The average Bonchev–Trinajstić information content (AvgIpc) is 0.804. The summed E-state index contributed by atoms with van der Waals surface area (Å²) in [6.45, 7) is 20.9. The first kappa shape index (κ1) is 102. The van der Waals surface area contributed by atoms with Crippen LogP contribution in [0.2, 0.25) is 0 Å². The molecule has 9 N–H and O–H groups in total. The number of benzene rings is 4. The van der Waals surface area contributed by atoms with Gasteiger partial charge < -0.3 is 80.1 Å². The number of amides is 1. The van der Waals surface area contributed by atoms with E-state index >= 15 is 0 Å². The topological polar surface area (TPSA) is 362 Å². The Balaban J connectivity index is 0.000000155. The number of hydrazone groups is 4. The van der Waals surface area contributed by atoms with Gasteiger partial charge in [-0.05, 0) is 100 Å². The van der Waals surface area contributed by atoms with Crippen molar-refractivity contribution in [1.29, 1.82) is 0 Å². The van der Waals surface area contributed by atoms with E-state index in [1.165, 1.54) is 59.0 Å². The van der Waals surface area contributed by atoms with E-state index in [0.717, 1.165) is 73.3 Å². The van der Waals surface area contributed by atoms with E-state index in [1.807, 2.05) is 47.5 Å². The van der Waals surface area contributed by atoms with Crippen molar-refractivity contribution in [3.63, 3.8) is 0 Å². The van der Waals surface area contributed by atoms with Crippen molar-refractivity contribution in [2.75, 3.05) is 247 Å². The second kappa shape index (κ2) is 46.3. The fourth-order valence-electron chi connectivity index (χ4n) is 14.9. The van der Waals surface area contributed by atoms with E-state index in [2.05, 4.69) is 104 Å².